The van der Waals surface area contributed by atoms with Crippen LogP contribution in [-0.2, 0) is 4.79 Å². The lowest BCUT2D eigenvalue weighted by Crippen LogP contribution is -2.65. The van der Waals surface area contributed by atoms with Gasteiger partial charge in [-0.1, -0.05) is 0 Å². The van der Waals surface area contributed by atoms with Crippen molar-refractivity contribution in [2.75, 3.05) is 33.7 Å². The first-order valence-electron chi connectivity index (χ1n) is 5.67. The van der Waals surface area contributed by atoms with E-state index in [1.807, 2.05) is 19.0 Å². The molecule has 1 aliphatic rings. The maximum Gasteiger partial charge on any atom is 0.315 e. The van der Waals surface area contributed by atoms with Gasteiger partial charge < -0.3 is 26.6 Å². The second kappa shape index (κ2) is 5.83. The van der Waals surface area contributed by atoms with E-state index in [4.69, 9.17) is 11.5 Å². The molecule has 1 aliphatic heterocycles. The molecule has 0 aliphatic carbocycles. The number of hydrogen-bond donors (Lipinski definition) is 3. The van der Waals surface area contributed by atoms with Gasteiger partial charge in [-0.3, -0.25) is 4.79 Å². The Morgan fingerprint density at radius 1 is 1.41 bits per heavy atom. The first-order valence-corrected chi connectivity index (χ1v) is 5.67. The number of carbonyl (C=O) groups is 2. The Morgan fingerprint density at radius 3 is 2.53 bits per heavy atom. The molecular formula is C10H21N5O2. The number of nitrogens with zero attached hydrogens (tertiary/aromatic N) is 2. The summed E-state index contributed by atoms with van der Waals surface area (Å²) in [5, 5.41) is 3.03. The Balaban J connectivity index is 2.76. The minimum atomic E-state index is -0.517. The summed E-state index contributed by atoms with van der Waals surface area (Å²) in [6.45, 7) is 1.81. The van der Waals surface area contributed by atoms with Crippen LogP contribution in [-0.4, -0.2) is 67.6 Å². The van der Waals surface area contributed by atoms with E-state index in [9.17, 15) is 9.59 Å². The Kier molecular flexibility index (Phi) is 4.71. The SMILES string of the molecule is CN(C)CCC1C(C(N)=O)NCCN1C(N)=O. The lowest BCUT2D eigenvalue weighted by atomic mass is 9.99. The first-order chi connectivity index (χ1) is 7.93. The van der Waals surface area contributed by atoms with Gasteiger partial charge in [-0.2, -0.15) is 0 Å². The van der Waals surface area contributed by atoms with Crippen molar-refractivity contribution in [2.45, 2.75) is 18.5 Å². The van der Waals surface area contributed by atoms with Crippen molar-refractivity contribution in [1.82, 2.24) is 15.1 Å². The molecule has 0 radical (unpaired) electrons. The lowest BCUT2D eigenvalue weighted by Gasteiger charge is -2.40. The van der Waals surface area contributed by atoms with Gasteiger partial charge in [0.05, 0.1) is 6.04 Å². The van der Waals surface area contributed by atoms with Crippen molar-refractivity contribution in [3.8, 4) is 0 Å². The molecule has 7 heteroatoms. The predicted molar refractivity (Wildman–Crippen MR) is 64.2 cm³/mol. The number of nitrogens with one attached hydrogen (secondary N) is 1. The zero-order chi connectivity index (χ0) is 13.0. The summed E-state index contributed by atoms with van der Waals surface area (Å²) >= 11 is 0. The van der Waals surface area contributed by atoms with Crippen molar-refractivity contribution in [2.24, 2.45) is 11.5 Å². The Morgan fingerprint density at radius 2 is 2.06 bits per heavy atom. The Hall–Kier alpha value is -1.34. The van der Waals surface area contributed by atoms with Crippen molar-refractivity contribution < 1.29 is 9.59 Å². The fourth-order valence-electron chi connectivity index (χ4n) is 2.10. The summed E-state index contributed by atoms with van der Waals surface area (Å²) < 4.78 is 0. The number of amides is 3. The zero-order valence-corrected chi connectivity index (χ0v) is 10.3. The average molecular weight is 243 g/mol. The molecule has 0 bridgehead atoms. The summed E-state index contributed by atoms with van der Waals surface area (Å²) in [7, 11) is 3.87. The molecule has 7 nitrogen and oxygen atoms in total. The quantitative estimate of drug-likeness (QED) is 0.539. The maximum absolute atomic E-state index is 11.3. The number of urea groups is 1. The van der Waals surface area contributed by atoms with Crippen LogP contribution in [0.5, 0.6) is 0 Å². The number of piperazine rings is 1. The Bertz CT molecular complexity index is 272. The van der Waals surface area contributed by atoms with Crippen LogP contribution in [0.1, 0.15) is 6.42 Å². The molecule has 0 spiro atoms. The van der Waals surface area contributed by atoms with E-state index >= 15 is 0 Å². The van der Waals surface area contributed by atoms with Crippen LogP contribution in [0.2, 0.25) is 0 Å². The monoisotopic (exact) mass is 243 g/mol. The molecule has 5 N–H and O–H groups in total. The molecule has 2 unspecified atom stereocenters. The third-order valence-electron chi connectivity index (χ3n) is 2.96. The molecule has 3 amide bonds. The summed E-state index contributed by atoms with van der Waals surface area (Å²) in [6.07, 6.45) is 0.663. The fraction of sp³-hybridized carbons (Fsp3) is 0.800. The van der Waals surface area contributed by atoms with Crippen molar-refractivity contribution in [3.63, 3.8) is 0 Å². The van der Waals surface area contributed by atoms with Crippen LogP contribution < -0.4 is 16.8 Å². The average Bonchev–Trinajstić information content (AvgIpc) is 2.25. The second-order valence-electron chi connectivity index (χ2n) is 4.53. The highest BCUT2D eigenvalue weighted by molar-refractivity contribution is 5.82. The summed E-state index contributed by atoms with van der Waals surface area (Å²) in [5.74, 6) is -0.445. The van der Waals surface area contributed by atoms with E-state index in [1.54, 1.807) is 0 Å². The highest BCUT2D eigenvalue weighted by Gasteiger charge is 2.36. The molecule has 1 rings (SSSR count). The molecule has 0 aromatic carbocycles. The number of primary amides is 2. The van der Waals surface area contributed by atoms with Gasteiger partial charge in [0.25, 0.3) is 0 Å². The van der Waals surface area contributed by atoms with E-state index in [0.717, 1.165) is 6.54 Å². The standard InChI is InChI=1S/C10H21N5O2/c1-14(2)5-3-7-8(9(11)16)13-4-6-15(7)10(12)17/h7-8,13H,3-6H2,1-2H3,(H2,11,16)(H2,12,17). The van der Waals surface area contributed by atoms with Crippen LogP contribution in [0.4, 0.5) is 4.79 Å². The van der Waals surface area contributed by atoms with Crippen LogP contribution >= 0.6 is 0 Å². The molecule has 1 fully saturated rings. The number of hydrogen-bond acceptors (Lipinski definition) is 4. The van der Waals surface area contributed by atoms with Crippen LogP contribution in [0.25, 0.3) is 0 Å². The first kappa shape index (κ1) is 13.7. The van der Waals surface area contributed by atoms with Gasteiger partial charge in [0.2, 0.25) is 5.91 Å². The van der Waals surface area contributed by atoms with Gasteiger partial charge in [0.1, 0.15) is 6.04 Å². The van der Waals surface area contributed by atoms with Crippen LogP contribution in [0.15, 0.2) is 0 Å². The molecule has 0 saturated carbocycles. The molecule has 1 saturated heterocycles. The molecule has 1 heterocycles. The third kappa shape index (κ3) is 3.57. The Labute approximate surface area is 101 Å². The predicted octanol–water partition coefficient (Wildman–Crippen LogP) is -1.86. The highest BCUT2D eigenvalue weighted by Crippen LogP contribution is 2.13. The van der Waals surface area contributed by atoms with Gasteiger partial charge in [-0.05, 0) is 27.1 Å². The van der Waals surface area contributed by atoms with Crippen molar-refractivity contribution in [1.29, 1.82) is 0 Å². The minimum absolute atomic E-state index is 0.263. The topological polar surface area (TPSA) is 105 Å². The highest BCUT2D eigenvalue weighted by atomic mass is 16.2. The molecule has 17 heavy (non-hydrogen) atoms. The van der Waals surface area contributed by atoms with Gasteiger partial charge in [0.15, 0.2) is 0 Å². The van der Waals surface area contributed by atoms with Gasteiger partial charge in [0, 0.05) is 13.1 Å². The van der Waals surface area contributed by atoms with Crippen LogP contribution in [0, 0.1) is 0 Å². The number of carbonyl (C=O) groups excluding carboxylic acids is 2. The summed E-state index contributed by atoms with van der Waals surface area (Å²) in [6, 6.07) is -1.28. The minimum Gasteiger partial charge on any atom is -0.368 e. The van der Waals surface area contributed by atoms with Crippen molar-refractivity contribution in [3.05, 3.63) is 0 Å². The van der Waals surface area contributed by atoms with E-state index in [0.29, 0.717) is 19.5 Å². The molecular weight excluding hydrogens is 222 g/mol. The number of rotatable bonds is 4. The van der Waals surface area contributed by atoms with Gasteiger partial charge in [-0.25, -0.2) is 4.79 Å². The molecule has 2 atom stereocenters. The number of nitrogens with two attached hydrogens (primary N) is 2. The van der Waals surface area contributed by atoms with Crippen molar-refractivity contribution >= 4 is 11.9 Å². The van der Waals surface area contributed by atoms with E-state index in [2.05, 4.69) is 5.32 Å². The smallest absolute Gasteiger partial charge is 0.315 e. The summed E-state index contributed by atoms with van der Waals surface area (Å²) in [5.41, 5.74) is 10.7. The molecule has 98 valence electrons. The van der Waals surface area contributed by atoms with E-state index in [-0.39, 0.29) is 6.04 Å². The van der Waals surface area contributed by atoms with Crippen LogP contribution in [0.3, 0.4) is 0 Å². The largest absolute Gasteiger partial charge is 0.368 e. The second-order valence-corrected chi connectivity index (χ2v) is 4.53. The molecule has 0 aromatic rings. The van der Waals surface area contributed by atoms with Gasteiger partial charge >= 0.3 is 6.03 Å². The zero-order valence-electron chi connectivity index (χ0n) is 10.3. The molecule has 0 aromatic heterocycles. The summed E-state index contributed by atoms with van der Waals surface area (Å²) in [4.78, 5) is 26.2. The normalized spacial score (nSPS) is 25.0. The van der Waals surface area contributed by atoms with Gasteiger partial charge in [-0.15, -0.1) is 0 Å². The van der Waals surface area contributed by atoms with E-state index in [1.165, 1.54) is 4.90 Å². The lowest BCUT2D eigenvalue weighted by molar-refractivity contribution is -0.122. The third-order valence-corrected chi connectivity index (χ3v) is 2.96. The fourth-order valence-corrected chi connectivity index (χ4v) is 2.10. The van der Waals surface area contributed by atoms with E-state index < -0.39 is 18.0 Å². The maximum atomic E-state index is 11.3.